The lowest BCUT2D eigenvalue weighted by atomic mass is 9.47. The number of hydrogen-bond acceptors (Lipinski definition) is 3. The standard InChI is InChI=1S/C18H25F5O3/c1-9(2)17(12-4-10-3-11(6-12)7-13(17)5-10)26-15(25)14(24)8-16(19,20)18(21,22)23/h9-14,24H,3-8H2,1-2H3. The lowest BCUT2D eigenvalue weighted by Gasteiger charge is -2.62. The molecule has 4 aliphatic carbocycles. The lowest BCUT2D eigenvalue weighted by molar-refractivity contribution is -0.291. The van der Waals surface area contributed by atoms with Crippen LogP contribution in [0, 0.1) is 29.6 Å². The summed E-state index contributed by atoms with van der Waals surface area (Å²) in [7, 11) is 0. The number of aliphatic hydroxyl groups excluding tert-OH is 1. The van der Waals surface area contributed by atoms with Gasteiger partial charge in [0, 0.05) is 0 Å². The van der Waals surface area contributed by atoms with E-state index in [1.807, 2.05) is 13.8 Å². The van der Waals surface area contributed by atoms with Gasteiger partial charge in [-0.05, 0) is 61.7 Å². The van der Waals surface area contributed by atoms with Gasteiger partial charge >= 0.3 is 18.1 Å². The van der Waals surface area contributed by atoms with Crippen molar-refractivity contribution in [3.63, 3.8) is 0 Å². The number of hydrogen-bond donors (Lipinski definition) is 1. The Bertz CT molecular complexity index is 530. The first-order chi connectivity index (χ1) is 11.9. The molecule has 0 amide bonds. The van der Waals surface area contributed by atoms with Crippen LogP contribution in [-0.4, -0.2) is 34.9 Å². The van der Waals surface area contributed by atoms with E-state index in [4.69, 9.17) is 4.74 Å². The third kappa shape index (κ3) is 3.12. The molecule has 4 fully saturated rings. The van der Waals surface area contributed by atoms with Gasteiger partial charge < -0.3 is 9.84 Å². The van der Waals surface area contributed by atoms with Crippen LogP contribution in [0.25, 0.3) is 0 Å². The van der Waals surface area contributed by atoms with Crippen molar-refractivity contribution < 1.29 is 36.6 Å². The van der Waals surface area contributed by atoms with Crippen LogP contribution < -0.4 is 0 Å². The Balaban J connectivity index is 1.76. The molecule has 0 aromatic rings. The molecule has 8 heteroatoms. The van der Waals surface area contributed by atoms with Gasteiger partial charge in [-0.15, -0.1) is 0 Å². The van der Waals surface area contributed by atoms with Crippen LogP contribution in [0.4, 0.5) is 22.0 Å². The van der Waals surface area contributed by atoms with E-state index in [0.717, 1.165) is 32.1 Å². The fraction of sp³-hybridized carbons (Fsp3) is 0.944. The van der Waals surface area contributed by atoms with Gasteiger partial charge in [-0.1, -0.05) is 13.8 Å². The average molecular weight is 384 g/mol. The largest absolute Gasteiger partial charge is 0.456 e. The van der Waals surface area contributed by atoms with E-state index >= 15 is 0 Å². The monoisotopic (exact) mass is 384 g/mol. The minimum absolute atomic E-state index is 0.0815. The number of esters is 1. The molecule has 0 aliphatic heterocycles. The molecule has 4 rings (SSSR count). The van der Waals surface area contributed by atoms with Gasteiger partial charge in [-0.3, -0.25) is 0 Å². The van der Waals surface area contributed by atoms with Crippen molar-refractivity contribution in [2.75, 3.05) is 0 Å². The molecule has 0 aromatic carbocycles. The van der Waals surface area contributed by atoms with E-state index < -0.39 is 36.2 Å². The number of carbonyl (C=O) groups excluding carboxylic acids is 1. The Labute approximate surface area is 149 Å². The highest BCUT2D eigenvalue weighted by atomic mass is 19.4. The highest BCUT2D eigenvalue weighted by Crippen LogP contribution is 2.61. The topological polar surface area (TPSA) is 46.5 Å². The summed E-state index contributed by atoms with van der Waals surface area (Å²) in [4.78, 5) is 12.3. The summed E-state index contributed by atoms with van der Waals surface area (Å²) in [6.07, 6.45) is -5.63. The summed E-state index contributed by atoms with van der Waals surface area (Å²) in [5.74, 6) is -5.30. The summed E-state index contributed by atoms with van der Waals surface area (Å²) in [5.41, 5.74) is -0.876. The van der Waals surface area contributed by atoms with Crippen molar-refractivity contribution in [3.05, 3.63) is 0 Å². The zero-order chi connectivity index (χ0) is 19.5. The quantitative estimate of drug-likeness (QED) is 0.567. The van der Waals surface area contributed by atoms with E-state index in [9.17, 15) is 31.9 Å². The third-order valence-electron chi connectivity index (χ3n) is 6.73. The van der Waals surface area contributed by atoms with E-state index in [1.54, 1.807) is 0 Å². The molecule has 0 aromatic heterocycles. The van der Waals surface area contributed by atoms with Crippen LogP contribution in [0.5, 0.6) is 0 Å². The van der Waals surface area contributed by atoms with Gasteiger partial charge in [0.2, 0.25) is 0 Å². The first kappa shape index (κ1) is 19.8. The summed E-state index contributed by atoms with van der Waals surface area (Å²) >= 11 is 0. The third-order valence-corrected chi connectivity index (χ3v) is 6.73. The van der Waals surface area contributed by atoms with Gasteiger partial charge in [0.25, 0.3) is 0 Å². The van der Waals surface area contributed by atoms with Crippen molar-refractivity contribution >= 4 is 5.97 Å². The zero-order valence-electron chi connectivity index (χ0n) is 14.9. The maximum absolute atomic E-state index is 13.2. The molecule has 4 bridgehead atoms. The summed E-state index contributed by atoms with van der Waals surface area (Å²) < 4.78 is 69.0. The number of halogens is 5. The Morgan fingerprint density at radius 2 is 1.50 bits per heavy atom. The van der Waals surface area contributed by atoms with Gasteiger partial charge in [0.05, 0.1) is 6.42 Å². The molecule has 4 saturated carbocycles. The van der Waals surface area contributed by atoms with Crippen molar-refractivity contribution in [1.82, 2.24) is 0 Å². The molecular formula is C18H25F5O3. The Hall–Kier alpha value is -0.920. The summed E-state index contributed by atoms with van der Waals surface area (Å²) in [6.45, 7) is 3.76. The van der Waals surface area contributed by atoms with E-state index in [-0.39, 0.29) is 17.8 Å². The van der Waals surface area contributed by atoms with Crippen molar-refractivity contribution in [2.24, 2.45) is 29.6 Å². The van der Waals surface area contributed by atoms with Gasteiger partial charge in [0.1, 0.15) is 5.60 Å². The van der Waals surface area contributed by atoms with Crippen LogP contribution in [0.3, 0.4) is 0 Å². The van der Waals surface area contributed by atoms with Crippen LogP contribution >= 0.6 is 0 Å². The highest BCUT2D eigenvalue weighted by Gasteiger charge is 2.62. The number of carbonyl (C=O) groups is 1. The summed E-state index contributed by atoms with van der Waals surface area (Å²) in [5, 5.41) is 9.71. The predicted molar refractivity (Wildman–Crippen MR) is 82.3 cm³/mol. The molecule has 0 spiro atoms. The number of rotatable bonds is 5. The van der Waals surface area contributed by atoms with Crippen molar-refractivity contribution in [1.29, 1.82) is 0 Å². The Morgan fingerprint density at radius 3 is 1.88 bits per heavy atom. The fourth-order valence-electron chi connectivity index (χ4n) is 5.83. The van der Waals surface area contributed by atoms with Crippen molar-refractivity contribution in [3.8, 4) is 0 Å². The molecule has 3 nitrogen and oxygen atoms in total. The van der Waals surface area contributed by atoms with E-state index in [2.05, 4.69) is 0 Å². The normalized spacial score (nSPS) is 37.9. The van der Waals surface area contributed by atoms with E-state index in [1.165, 1.54) is 0 Å². The fourth-order valence-corrected chi connectivity index (χ4v) is 5.83. The van der Waals surface area contributed by atoms with Crippen molar-refractivity contribution in [2.45, 2.75) is 76.2 Å². The predicted octanol–water partition coefficient (Wildman–Crippen LogP) is 4.33. The van der Waals surface area contributed by atoms with Gasteiger partial charge in [-0.25, -0.2) is 4.79 Å². The number of ether oxygens (including phenoxy) is 1. The highest BCUT2D eigenvalue weighted by molar-refractivity contribution is 5.75. The van der Waals surface area contributed by atoms with Crippen LogP contribution in [0.1, 0.15) is 52.4 Å². The molecule has 4 aliphatic rings. The molecular weight excluding hydrogens is 359 g/mol. The molecule has 1 atom stereocenters. The number of aliphatic hydroxyl groups is 1. The second-order valence-corrected chi connectivity index (χ2v) is 8.66. The molecule has 1 N–H and O–H groups in total. The SMILES string of the molecule is CC(C)C1(OC(=O)C(O)CC(F)(F)C(F)(F)F)C2CC3CC(C2)CC1C3. The molecule has 26 heavy (non-hydrogen) atoms. The lowest BCUT2D eigenvalue weighted by Crippen LogP contribution is -2.63. The first-order valence-corrected chi connectivity index (χ1v) is 9.22. The molecule has 150 valence electrons. The molecule has 0 radical (unpaired) electrons. The van der Waals surface area contributed by atoms with Gasteiger partial charge in [-0.2, -0.15) is 22.0 Å². The minimum Gasteiger partial charge on any atom is -0.456 e. The first-order valence-electron chi connectivity index (χ1n) is 9.22. The second kappa shape index (κ2) is 6.31. The Morgan fingerprint density at radius 1 is 1.04 bits per heavy atom. The number of alkyl halides is 5. The van der Waals surface area contributed by atoms with Crippen LogP contribution in [0.2, 0.25) is 0 Å². The average Bonchev–Trinajstić information content (AvgIpc) is 2.48. The smallest absolute Gasteiger partial charge is 0.453 e. The van der Waals surface area contributed by atoms with Crippen LogP contribution in [-0.2, 0) is 9.53 Å². The van der Waals surface area contributed by atoms with Gasteiger partial charge in [0.15, 0.2) is 6.10 Å². The maximum Gasteiger partial charge on any atom is 0.453 e. The minimum atomic E-state index is -5.81. The molecule has 0 saturated heterocycles. The molecule has 1 unspecified atom stereocenters. The molecule has 0 heterocycles. The zero-order valence-corrected chi connectivity index (χ0v) is 14.9. The second-order valence-electron chi connectivity index (χ2n) is 8.66. The Kier molecular flexibility index (Phi) is 4.81. The maximum atomic E-state index is 13.2. The van der Waals surface area contributed by atoms with Crippen LogP contribution in [0.15, 0.2) is 0 Å². The summed E-state index contributed by atoms with van der Waals surface area (Å²) in [6, 6.07) is 0. The van der Waals surface area contributed by atoms with E-state index in [0.29, 0.717) is 11.8 Å².